The van der Waals surface area contributed by atoms with E-state index in [1.165, 1.54) is 31.3 Å². The summed E-state index contributed by atoms with van der Waals surface area (Å²) in [6.07, 6.45) is 1.09. The van der Waals surface area contributed by atoms with E-state index >= 15 is 0 Å². The van der Waals surface area contributed by atoms with E-state index in [2.05, 4.69) is 116 Å². The van der Waals surface area contributed by atoms with E-state index in [4.69, 9.17) is 0 Å². The Bertz CT molecular complexity index is 954. The Kier molecular flexibility index (Phi) is 6.27. The second-order valence-electron chi connectivity index (χ2n) is 6.60. The number of benzene rings is 4. The van der Waals surface area contributed by atoms with E-state index in [9.17, 15) is 0 Å². The van der Waals surface area contributed by atoms with Gasteiger partial charge in [-0.15, -0.1) is 0 Å². The van der Waals surface area contributed by atoms with Gasteiger partial charge < -0.3 is 0 Å². The molecule has 2 heteroatoms. The fourth-order valence-corrected chi connectivity index (χ4v) is 6.29. The second kappa shape index (κ2) is 9.24. The molecule has 0 radical (unpaired) electrons. The van der Waals surface area contributed by atoms with Gasteiger partial charge in [-0.1, -0.05) is 104 Å². The summed E-state index contributed by atoms with van der Waals surface area (Å²) in [4.78, 5) is 2.57. The molecule has 0 aliphatic heterocycles. The van der Waals surface area contributed by atoms with Crippen LogP contribution < -0.4 is 15.9 Å². The van der Waals surface area contributed by atoms with Crippen LogP contribution in [0.4, 0.5) is 0 Å². The van der Waals surface area contributed by atoms with Gasteiger partial charge in [0.25, 0.3) is 0 Å². The predicted octanol–water partition coefficient (Wildman–Crippen LogP) is 6.16. The molecule has 0 atom stereocenters. The molecule has 0 nitrogen and oxygen atoms in total. The third-order valence-corrected chi connectivity index (χ3v) is 8.15. The lowest BCUT2D eigenvalue weighted by Crippen LogP contribution is -2.20. The maximum Gasteiger partial charge on any atom is 0.0122 e. The predicted molar refractivity (Wildman–Crippen MR) is 125 cm³/mol. The van der Waals surface area contributed by atoms with E-state index in [0.717, 1.165) is 6.42 Å². The average molecular weight is 399 g/mol. The molecule has 0 unspecified atom stereocenters. The van der Waals surface area contributed by atoms with E-state index < -0.39 is 7.92 Å². The molecule has 0 saturated heterocycles. The maximum atomic E-state index is 2.30. The quantitative estimate of drug-likeness (QED) is 0.351. The largest absolute Gasteiger partial charge is 0.0901 e. The van der Waals surface area contributed by atoms with Gasteiger partial charge in [-0.05, 0) is 60.1 Å². The highest BCUT2D eigenvalue weighted by Gasteiger charge is 2.15. The normalized spacial score (nSPS) is 10.9. The Morgan fingerprint density at radius 3 is 1.43 bits per heavy atom. The van der Waals surface area contributed by atoms with Gasteiger partial charge in [0.1, 0.15) is 0 Å². The first kappa shape index (κ1) is 19.0. The van der Waals surface area contributed by atoms with Crippen molar-refractivity contribution in [2.75, 3.05) is 0 Å². The first-order valence-corrected chi connectivity index (χ1v) is 11.8. The second-order valence-corrected chi connectivity index (χ2v) is 9.97. The van der Waals surface area contributed by atoms with E-state index in [1.54, 1.807) is 0 Å². The van der Waals surface area contributed by atoms with Gasteiger partial charge in [-0.25, -0.2) is 0 Å². The molecule has 4 aromatic rings. The van der Waals surface area contributed by atoms with E-state index in [0.29, 0.717) is 0 Å². The lowest BCUT2D eigenvalue weighted by atomic mass is 10.2. The van der Waals surface area contributed by atoms with Crippen LogP contribution in [-0.2, 0) is 6.42 Å². The molecule has 0 spiro atoms. The molecule has 0 saturated carbocycles. The van der Waals surface area contributed by atoms with Crippen LogP contribution in [0.2, 0.25) is 0 Å². The maximum absolute atomic E-state index is 2.30. The summed E-state index contributed by atoms with van der Waals surface area (Å²) in [6.45, 7) is 2.19. The van der Waals surface area contributed by atoms with Gasteiger partial charge in [0, 0.05) is 9.79 Å². The lowest BCUT2D eigenvalue weighted by molar-refractivity contribution is 1.13. The number of aryl methyl sites for hydroxylation is 1. The number of rotatable bonds is 6. The van der Waals surface area contributed by atoms with Crippen molar-refractivity contribution in [3.63, 3.8) is 0 Å². The minimum Gasteiger partial charge on any atom is -0.0901 e. The first-order chi connectivity index (χ1) is 13.8. The number of hydrogen-bond donors (Lipinski definition) is 0. The highest BCUT2D eigenvalue weighted by molar-refractivity contribution is 7.99. The topological polar surface area (TPSA) is 0 Å². The zero-order valence-electron chi connectivity index (χ0n) is 16.0. The molecule has 0 aromatic heterocycles. The van der Waals surface area contributed by atoms with Gasteiger partial charge in [0.2, 0.25) is 0 Å². The van der Waals surface area contributed by atoms with Crippen molar-refractivity contribution < 1.29 is 0 Å². The van der Waals surface area contributed by atoms with E-state index in [1.807, 2.05) is 11.8 Å². The van der Waals surface area contributed by atoms with E-state index in [-0.39, 0.29) is 0 Å². The Labute approximate surface area is 173 Å². The molecular weight excluding hydrogens is 375 g/mol. The molecule has 4 rings (SSSR count). The molecule has 28 heavy (non-hydrogen) atoms. The third kappa shape index (κ3) is 4.55. The van der Waals surface area contributed by atoms with Gasteiger partial charge >= 0.3 is 0 Å². The highest BCUT2D eigenvalue weighted by Crippen LogP contribution is 2.34. The highest BCUT2D eigenvalue weighted by atomic mass is 32.2. The van der Waals surface area contributed by atoms with Crippen LogP contribution in [0.1, 0.15) is 12.5 Å². The minimum absolute atomic E-state index is 0.534. The molecule has 0 N–H and O–H groups in total. The fourth-order valence-electron chi connectivity index (χ4n) is 3.19. The van der Waals surface area contributed by atoms with Gasteiger partial charge in [-0.2, -0.15) is 0 Å². The average Bonchev–Trinajstić information content (AvgIpc) is 2.77. The Hall–Kier alpha value is -2.34. The van der Waals surface area contributed by atoms with Crippen LogP contribution >= 0.6 is 19.7 Å². The minimum atomic E-state index is -0.534. The summed E-state index contributed by atoms with van der Waals surface area (Å²) in [5, 5.41) is 4.16. The van der Waals surface area contributed by atoms with Crippen molar-refractivity contribution in [3.8, 4) is 0 Å². The molecule has 0 amide bonds. The Balaban J connectivity index is 1.61. The molecule has 0 bridgehead atoms. The van der Waals surface area contributed by atoms with Gasteiger partial charge in [0.05, 0.1) is 0 Å². The molecular formula is C26H23PS. The SMILES string of the molecule is CCc1ccc(Sc2ccc(P(c3ccccc3)c3ccccc3)cc2)cc1. The summed E-state index contributed by atoms with van der Waals surface area (Å²) in [5.41, 5.74) is 1.39. The zero-order valence-corrected chi connectivity index (χ0v) is 17.7. The molecule has 0 aliphatic rings. The zero-order chi connectivity index (χ0) is 19.2. The van der Waals surface area contributed by atoms with Crippen LogP contribution in [0, 0.1) is 0 Å². The Morgan fingerprint density at radius 2 is 0.964 bits per heavy atom. The molecule has 4 aromatic carbocycles. The van der Waals surface area contributed by atoms with Crippen molar-refractivity contribution in [3.05, 3.63) is 115 Å². The summed E-state index contributed by atoms with van der Waals surface area (Å²) in [5.74, 6) is 0. The van der Waals surface area contributed by atoms with Crippen LogP contribution in [0.5, 0.6) is 0 Å². The molecule has 0 fully saturated rings. The van der Waals surface area contributed by atoms with Gasteiger partial charge in [-0.3, -0.25) is 0 Å². The molecule has 0 heterocycles. The smallest absolute Gasteiger partial charge is 0.0122 e. The first-order valence-electron chi connectivity index (χ1n) is 9.60. The summed E-state index contributed by atoms with van der Waals surface area (Å²) >= 11 is 1.83. The standard InChI is InChI=1S/C26H23PS/c1-2-21-13-17-25(18-14-21)28-26-19-15-24(16-20-26)27(22-9-5-3-6-10-22)23-11-7-4-8-12-23/h3-20H,2H2,1H3. The van der Waals surface area contributed by atoms with Crippen molar-refractivity contribution in [1.82, 2.24) is 0 Å². The number of hydrogen-bond acceptors (Lipinski definition) is 1. The summed E-state index contributed by atoms with van der Waals surface area (Å²) in [6, 6.07) is 39.7. The van der Waals surface area contributed by atoms with Crippen molar-refractivity contribution in [2.45, 2.75) is 23.1 Å². The fraction of sp³-hybridized carbons (Fsp3) is 0.0769. The van der Waals surface area contributed by atoms with Crippen molar-refractivity contribution >= 4 is 35.6 Å². The van der Waals surface area contributed by atoms with Crippen molar-refractivity contribution in [2.24, 2.45) is 0 Å². The van der Waals surface area contributed by atoms with Crippen LogP contribution in [-0.4, -0.2) is 0 Å². The third-order valence-electron chi connectivity index (χ3n) is 4.69. The van der Waals surface area contributed by atoms with Crippen molar-refractivity contribution in [1.29, 1.82) is 0 Å². The van der Waals surface area contributed by atoms with Crippen LogP contribution in [0.25, 0.3) is 0 Å². The summed E-state index contributed by atoms with van der Waals surface area (Å²) < 4.78 is 0. The van der Waals surface area contributed by atoms with Gasteiger partial charge in [0.15, 0.2) is 0 Å². The monoisotopic (exact) mass is 398 g/mol. The molecule has 138 valence electrons. The molecule has 0 aliphatic carbocycles. The van der Waals surface area contributed by atoms with Crippen LogP contribution in [0.15, 0.2) is 119 Å². The Morgan fingerprint density at radius 1 is 0.536 bits per heavy atom. The van der Waals surface area contributed by atoms with Crippen LogP contribution in [0.3, 0.4) is 0 Å². The summed E-state index contributed by atoms with van der Waals surface area (Å²) in [7, 11) is -0.534. The lowest BCUT2D eigenvalue weighted by Gasteiger charge is -2.19.